The number of benzene rings is 12. The third-order valence-corrected chi connectivity index (χ3v) is 24.3. The van der Waals surface area contributed by atoms with Crippen molar-refractivity contribution >= 4 is 290 Å². The van der Waals surface area contributed by atoms with Crippen molar-refractivity contribution in [3.05, 3.63) is 297 Å². The fraction of sp³-hybridized carbons (Fsp3) is 0.0933. The van der Waals surface area contributed by atoms with Gasteiger partial charge in [0.05, 0.1) is 91.9 Å². The predicted molar refractivity (Wildman–Crippen MR) is 430 cm³/mol. The standard InChI is InChI=1S/2C19H13Cl4N2.C18H10Cl4N2.C11H9Br.C8H3Cl4N.2HI/c2*1-24-10-25(19-17(23)15(21)14(20)16(22)18(19)24)9-11-6-7-12-4-2-3-5-13(12)8-11;19-13-14(20)16(22)18-17(15(13)21)23-9-24(18)8-10-5-6-11-3-1-2-4-12(11)7-10;12-8-9-5-6-10-3-1-2-4-11(10)7-9;9-4-3-1-2-13-8(3)7(12)6(11)5(4)10;;/h2*2-8,10H,9H2,1H3;1-7,9H,8H2;1-7H,8H2;2H,1H2;2*1H/q2*+1;;;;;/p-2. The largest absolute Gasteiger partial charge is 1.00 e. The molecule has 0 amide bonds. The number of rotatable bonds is 7. The van der Waals surface area contributed by atoms with E-state index in [9.17, 15) is 0 Å². The van der Waals surface area contributed by atoms with Gasteiger partial charge in [-0.3, -0.25) is 4.99 Å². The third kappa shape index (κ3) is 16.9. The quantitative estimate of drug-likeness (QED) is 0.0516. The molecular weight excluding hydrogens is 1900 g/mol. The Hall–Kier alpha value is -3.66. The molecule has 0 bridgehead atoms. The summed E-state index contributed by atoms with van der Waals surface area (Å²) in [6.07, 6.45) is 7.98. The van der Waals surface area contributed by atoms with E-state index in [0.717, 1.165) is 49.7 Å². The average Bonchev–Trinajstić information content (AvgIpc) is 1.65. The van der Waals surface area contributed by atoms with Gasteiger partial charge >= 0.3 is 0 Å². The van der Waals surface area contributed by atoms with E-state index < -0.39 is 0 Å². The number of fused-ring (bicyclic) bond motifs is 8. The van der Waals surface area contributed by atoms with E-state index in [-0.39, 0.29) is 83.1 Å². The van der Waals surface area contributed by atoms with Crippen molar-refractivity contribution < 1.29 is 57.1 Å². The molecule has 4 heterocycles. The first kappa shape index (κ1) is 79.9. The van der Waals surface area contributed by atoms with Crippen LogP contribution in [-0.4, -0.2) is 24.9 Å². The van der Waals surface area contributed by atoms with Gasteiger partial charge < -0.3 is 52.5 Å². The minimum atomic E-state index is 0. The van der Waals surface area contributed by atoms with Gasteiger partial charge in [-0.2, -0.15) is 0 Å². The van der Waals surface area contributed by atoms with Gasteiger partial charge in [-0.05, 0) is 83.5 Å². The van der Waals surface area contributed by atoms with Gasteiger partial charge in [-0.25, -0.2) is 23.3 Å². The molecule has 1 aliphatic rings. The molecule has 0 saturated carbocycles. The number of halogens is 19. The number of nitrogens with zero attached hydrogens (tertiary/aromatic N) is 7. The SMILES string of the molecule is BrCc1ccc2ccccc2c1.C[n+]1cn(Cc2ccc3ccccc3c2)c2c(Cl)c(Cl)c(Cl)c(Cl)c21.C[n+]1cn(Cc2ccc3ccccc3c2)c2c(Cl)c(Cl)c(Cl)c(Cl)c21.Clc1c(Cl)c(Cl)c2c(c1Cl)CC=N2.Clc1c(Cl)c(Cl)c2c(ncn2Cc2ccc3ccccc3c2)c1Cl.[I-].[I-]. The second-order valence-electron chi connectivity index (χ2n) is 22.9. The van der Waals surface area contributed by atoms with Crippen molar-refractivity contribution in [1.29, 1.82) is 0 Å². The summed E-state index contributed by atoms with van der Waals surface area (Å²) in [5, 5.41) is 16.1. The van der Waals surface area contributed by atoms with Crippen molar-refractivity contribution in [2.45, 2.75) is 31.4 Å². The molecule has 0 N–H and O–H groups in total. The molecule has 3 aromatic heterocycles. The van der Waals surface area contributed by atoms with Crippen molar-refractivity contribution in [3.8, 4) is 0 Å². The van der Waals surface area contributed by atoms with E-state index >= 15 is 0 Å². The molecule has 101 heavy (non-hydrogen) atoms. The number of aryl methyl sites for hydroxylation is 2. The van der Waals surface area contributed by atoms with Crippen LogP contribution in [0.2, 0.25) is 80.4 Å². The van der Waals surface area contributed by atoms with Gasteiger partial charge in [0.25, 0.3) is 0 Å². The summed E-state index contributed by atoms with van der Waals surface area (Å²) < 4.78 is 9.82. The van der Waals surface area contributed by atoms with Gasteiger partial charge in [0, 0.05) is 30.1 Å². The summed E-state index contributed by atoms with van der Waals surface area (Å²) in [5.74, 6) is 0. The molecule has 0 radical (unpaired) electrons. The van der Waals surface area contributed by atoms with Crippen LogP contribution in [0.15, 0.2) is 194 Å². The number of alkyl halides is 1. The van der Waals surface area contributed by atoms with Crippen LogP contribution in [0.4, 0.5) is 5.69 Å². The van der Waals surface area contributed by atoms with Crippen molar-refractivity contribution in [2.75, 3.05) is 0 Å². The molecule has 1 aliphatic heterocycles. The Morgan fingerprint density at radius 3 is 1.06 bits per heavy atom. The van der Waals surface area contributed by atoms with Crippen molar-refractivity contribution in [2.24, 2.45) is 19.1 Å². The van der Waals surface area contributed by atoms with Crippen LogP contribution in [0.25, 0.3) is 76.2 Å². The first-order chi connectivity index (χ1) is 47.5. The maximum absolute atomic E-state index is 6.47. The van der Waals surface area contributed by atoms with Gasteiger partial charge in [-0.1, -0.05) is 353 Å². The van der Waals surface area contributed by atoms with Gasteiger partial charge in [0.15, 0.2) is 22.1 Å². The lowest BCUT2D eigenvalue weighted by Gasteiger charge is -2.09. The average molecular weight is 1950 g/mol. The second-order valence-corrected chi connectivity index (χ2v) is 29.5. The molecule has 0 unspecified atom stereocenters. The summed E-state index contributed by atoms with van der Waals surface area (Å²) in [5.41, 5.74) is 10.6. The van der Waals surface area contributed by atoms with Crippen LogP contribution < -0.4 is 57.1 Å². The predicted octanol–water partition coefficient (Wildman–Crippen LogP) is 21.7. The maximum Gasteiger partial charge on any atom is 0.244 e. The van der Waals surface area contributed by atoms with Crippen molar-refractivity contribution in [1.82, 2.24) is 18.7 Å². The Morgan fingerprint density at radius 1 is 0.347 bits per heavy atom. The monoisotopic (exact) mass is 1940 g/mol. The lowest BCUT2D eigenvalue weighted by molar-refractivity contribution is -0.645. The molecule has 0 atom stereocenters. The Bertz CT molecular complexity index is 5540. The number of aromatic nitrogens is 6. The van der Waals surface area contributed by atoms with E-state index in [1.54, 1.807) is 12.5 Å². The molecule has 516 valence electrons. The van der Waals surface area contributed by atoms with Gasteiger partial charge in [0.2, 0.25) is 12.7 Å². The molecule has 16 rings (SSSR count). The Labute approximate surface area is 704 Å². The molecule has 15 aromatic rings. The van der Waals surface area contributed by atoms with Crippen LogP contribution in [0.1, 0.15) is 27.8 Å². The molecule has 0 spiro atoms. The Balaban J connectivity index is 0.000000139. The van der Waals surface area contributed by atoms with Crippen LogP contribution in [0, 0.1) is 0 Å². The first-order valence-corrected chi connectivity index (χ1v) is 37.1. The summed E-state index contributed by atoms with van der Waals surface area (Å²) in [6.45, 7) is 1.90. The second kappa shape index (κ2) is 34.9. The zero-order valence-corrected chi connectivity index (χ0v) is 70.3. The highest BCUT2D eigenvalue weighted by atomic mass is 127. The zero-order valence-electron chi connectivity index (χ0n) is 52.3. The summed E-state index contributed by atoms with van der Waals surface area (Å²) in [4.78, 5) is 8.42. The Morgan fingerprint density at radius 2 is 0.663 bits per heavy atom. The molecule has 26 heteroatoms. The molecule has 0 saturated heterocycles. The van der Waals surface area contributed by atoms with Crippen LogP contribution in [-0.2, 0) is 45.5 Å². The van der Waals surface area contributed by atoms with Crippen molar-refractivity contribution in [3.63, 3.8) is 0 Å². The molecule has 0 fully saturated rings. The van der Waals surface area contributed by atoms with E-state index in [2.05, 4.69) is 159 Å². The lowest BCUT2D eigenvalue weighted by atomic mass is 10.1. The van der Waals surface area contributed by atoms with E-state index in [0.29, 0.717) is 88.0 Å². The topological polar surface area (TPSA) is 47.8 Å². The molecule has 7 nitrogen and oxygen atoms in total. The summed E-state index contributed by atoms with van der Waals surface area (Å²) in [6, 6.07) is 58.9. The number of hydrogen-bond acceptors (Lipinski definition) is 2. The van der Waals surface area contributed by atoms with E-state index in [1.807, 2.05) is 86.0 Å². The van der Waals surface area contributed by atoms with E-state index in [4.69, 9.17) is 186 Å². The Kier molecular flexibility index (Phi) is 27.6. The summed E-state index contributed by atoms with van der Waals surface area (Å²) >= 11 is 103. The van der Waals surface area contributed by atoms with Crippen LogP contribution in [0.5, 0.6) is 0 Å². The lowest BCUT2D eigenvalue weighted by Crippen LogP contribution is -3.00. The molecule has 0 aliphatic carbocycles. The van der Waals surface area contributed by atoms with E-state index in [1.165, 1.54) is 48.7 Å². The van der Waals surface area contributed by atoms with Crippen LogP contribution in [0.3, 0.4) is 0 Å². The molecule has 12 aromatic carbocycles. The minimum Gasteiger partial charge on any atom is -1.00 e. The highest BCUT2D eigenvalue weighted by Gasteiger charge is 2.29. The third-order valence-electron chi connectivity index (χ3n) is 16.5. The maximum atomic E-state index is 6.47. The number of imidazole rings is 3. The fourth-order valence-corrected chi connectivity index (χ4v) is 16.2. The van der Waals surface area contributed by atoms with Gasteiger partial charge in [0.1, 0.15) is 38.7 Å². The molecular formula is C75H48BrCl16I2N7. The highest BCUT2D eigenvalue weighted by molar-refractivity contribution is 9.08. The highest BCUT2D eigenvalue weighted by Crippen LogP contribution is 2.48. The normalized spacial score (nSPS) is 11.4. The van der Waals surface area contributed by atoms with Crippen LogP contribution >= 0.6 is 202 Å². The minimum absolute atomic E-state index is 0. The fourth-order valence-electron chi connectivity index (χ4n) is 11.7. The van der Waals surface area contributed by atoms with Gasteiger partial charge in [-0.15, -0.1) is 0 Å². The number of aliphatic imine (C=N–C) groups is 1. The number of hydrogen-bond donors (Lipinski definition) is 0. The summed E-state index contributed by atoms with van der Waals surface area (Å²) in [7, 11) is 3.82. The first-order valence-electron chi connectivity index (χ1n) is 29.9. The zero-order chi connectivity index (χ0) is 70.2. The smallest absolute Gasteiger partial charge is 0.244 e.